The number of para-hydroxylation sites is 1. The van der Waals surface area contributed by atoms with E-state index in [4.69, 9.17) is 0 Å². The maximum Gasteiger partial charge on any atom is 0.261 e. The van der Waals surface area contributed by atoms with Gasteiger partial charge in [-0.15, -0.1) is 0 Å². The minimum Gasteiger partial charge on any atom is -0.322 e. The van der Waals surface area contributed by atoms with Crippen LogP contribution in [-0.4, -0.2) is 47.1 Å². The number of benzene rings is 2. The third-order valence-electron chi connectivity index (χ3n) is 4.81. The summed E-state index contributed by atoms with van der Waals surface area (Å²) in [7, 11) is -0.683. The molecule has 1 amide bonds. The summed E-state index contributed by atoms with van der Waals surface area (Å²) in [5.41, 5.74) is 0.827. The summed E-state index contributed by atoms with van der Waals surface area (Å²) >= 11 is 0. The van der Waals surface area contributed by atoms with E-state index < -0.39 is 21.7 Å². The van der Waals surface area contributed by atoms with Crippen LogP contribution in [0, 0.1) is 5.82 Å². The van der Waals surface area contributed by atoms with Gasteiger partial charge >= 0.3 is 0 Å². The van der Waals surface area contributed by atoms with Gasteiger partial charge in [-0.25, -0.2) is 21.8 Å². The van der Waals surface area contributed by atoms with Gasteiger partial charge in [-0.1, -0.05) is 12.1 Å². The summed E-state index contributed by atoms with van der Waals surface area (Å²) in [6.07, 6.45) is 4.82. The summed E-state index contributed by atoms with van der Waals surface area (Å²) < 4.78 is 43.0. The van der Waals surface area contributed by atoms with E-state index in [0.29, 0.717) is 11.5 Å². The maximum absolute atomic E-state index is 14.4. The predicted molar refractivity (Wildman–Crippen MR) is 118 cm³/mol. The molecule has 10 heteroatoms. The van der Waals surface area contributed by atoms with Crippen LogP contribution in [0.5, 0.6) is 0 Å². The second kappa shape index (κ2) is 8.40. The van der Waals surface area contributed by atoms with Gasteiger partial charge in [0.1, 0.15) is 17.1 Å². The van der Waals surface area contributed by atoms with Crippen molar-refractivity contribution in [3.63, 3.8) is 0 Å². The first-order valence-electron chi connectivity index (χ1n) is 9.59. The molecule has 4 rings (SSSR count). The van der Waals surface area contributed by atoms with Gasteiger partial charge in [0.25, 0.3) is 5.91 Å². The van der Waals surface area contributed by atoms with Crippen LogP contribution >= 0.6 is 0 Å². The standard InChI is InChI=1S/C22H20FN5O3S/c1-26(2)32(30,31)17-11-9-16(10-12-17)25-21(29)18-15-24-28(20-8-4-3-7-19(20)23)22(18)27-13-5-6-14-27/h3-15H,1-2H3,(H,25,29). The van der Waals surface area contributed by atoms with Crippen LogP contribution in [0.25, 0.3) is 11.5 Å². The van der Waals surface area contributed by atoms with E-state index in [1.54, 1.807) is 47.3 Å². The summed E-state index contributed by atoms with van der Waals surface area (Å²) in [5.74, 6) is -0.586. The Bertz CT molecular complexity index is 1360. The first-order chi connectivity index (χ1) is 15.3. The molecule has 0 aliphatic rings. The molecule has 0 fully saturated rings. The fraction of sp³-hybridized carbons (Fsp3) is 0.0909. The van der Waals surface area contributed by atoms with E-state index in [1.807, 2.05) is 0 Å². The van der Waals surface area contributed by atoms with E-state index in [0.717, 1.165) is 4.31 Å². The van der Waals surface area contributed by atoms with E-state index in [1.165, 1.54) is 55.3 Å². The summed E-state index contributed by atoms with van der Waals surface area (Å²) in [6, 6.07) is 15.6. The van der Waals surface area contributed by atoms with Gasteiger partial charge in [0.15, 0.2) is 5.82 Å². The maximum atomic E-state index is 14.4. The summed E-state index contributed by atoms with van der Waals surface area (Å²) in [4.78, 5) is 13.2. The fourth-order valence-corrected chi connectivity index (χ4v) is 4.05. The number of hydrogen-bond donors (Lipinski definition) is 1. The van der Waals surface area contributed by atoms with Crippen molar-refractivity contribution in [2.24, 2.45) is 0 Å². The van der Waals surface area contributed by atoms with Crippen molar-refractivity contribution in [1.29, 1.82) is 0 Å². The second-order valence-electron chi connectivity index (χ2n) is 7.10. The molecular formula is C22H20FN5O3S. The van der Waals surface area contributed by atoms with Crippen molar-refractivity contribution in [3.05, 3.63) is 90.6 Å². The van der Waals surface area contributed by atoms with E-state index in [-0.39, 0.29) is 16.1 Å². The average Bonchev–Trinajstić information content (AvgIpc) is 3.44. The Morgan fingerprint density at radius 2 is 1.66 bits per heavy atom. The highest BCUT2D eigenvalue weighted by atomic mass is 32.2. The molecule has 1 N–H and O–H groups in total. The fourth-order valence-electron chi connectivity index (χ4n) is 3.15. The molecule has 0 aliphatic heterocycles. The molecule has 0 unspecified atom stereocenters. The van der Waals surface area contributed by atoms with Crippen LogP contribution < -0.4 is 5.32 Å². The van der Waals surface area contributed by atoms with Crippen molar-refractivity contribution in [2.75, 3.05) is 19.4 Å². The van der Waals surface area contributed by atoms with Gasteiger partial charge in [0.05, 0.1) is 11.1 Å². The lowest BCUT2D eigenvalue weighted by atomic mass is 10.2. The topological polar surface area (TPSA) is 89.2 Å². The van der Waals surface area contributed by atoms with E-state index in [2.05, 4.69) is 10.4 Å². The van der Waals surface area contributed by atoms with E-state index in [9.17, 15) is 17.6 Å². The highest BCUT2D eigenvalue weighted by molar-refractivity contribution is 7.89. The van der Waals surface area contributed by atoms with Crippen LogP contribution in [0.4, 0.5) is 10.1 Å². The molecule has 2 aromatic carbocycles. The highest BCUT2D eigenvalue weighted by Crippen LogP contribution is 2.23. The zero-order chi connectivity index (χ0) is 22.9. The van der Waals surface area contributed by atoms with Crippen molar-refractivity contribution in [3.8, 4) is 11.5 Å². The largest absolute Gasteiger partial charge is 0.322 e. The van der Waals surface area contributed by atoms with Gasteiger partial charge in [-0.05, 0) is 48.5 Å². The monoisotopic (exact) mass is 453 g/mol. The first-order valence-corrected chi connectivity index (χ1v) is 11.0. The zero-order valence-corrected chi connectivity index (χ0v) is 18.1. The third kappa shape index (κ3) is 3.93. The molecule has 0 saturated heterocycles. The lowest BCUT2D eigenvalue weighted by molar-refractivity contribution is 0.102. The van der Waals surface area contributed by atoms with E-state index >= 15 is 0 Å². The molecule has 8 nitrogen and oxygen atoms in total. The number of halogens is 1. The number of carbonyl (C=O) groups is 1. The Morgan fingerprint density at radius 1 is 1.00 bits per heavy atom. The minimum atomic E-state index is -3.57. The normalized spacial score (nSPS) is 11.6. The smallest absolute Gasteiger partial charge is 0.261 e. The molecule has 32 heavy (non-hydrogen) atoms. The summed E-state index contributed by atoms with van der Waals surface area (Å²) in [6.45, 7) is 0. The Kier molecular flexibility index (Phi) is 5.64. The minimum absolute atomic E-state index is 0.112. The van der Waals surface area contributed by atoms with Gasteiger partial charge < -0.3 is 9.88 Å². The highest BCUT2D eigenvalue weighted by Gasteiger charge is 2.22. The van der Waals surface area contributed by atoms with Gasteiger partial charge in [0.2, 0.25) is 10.0 Å². The number of nitrogens with zero attached hydrogens (tertiary/aromatic N) is 4. The Balaban J connectivity index is 1.69. The number of carbonyl (C=O) groups excluding carboxylic acids is 1. The number of sulfonamides is 1. The number of rotatable bonds is 6. The average molecular weight is 453 g/mol. The van der Waals surface area contributed by atoms with Crippen LogP contribution in [0.2, 0.25) is 0 Å². The Morgan fingerprint density at radius 3 is 2.28 bits per heavy atom. The second-order valence-corrected chi connectivity index (χ2v) is 9.25. The van der Waals surface area contributed by atoms with Gasteiger partial charge in [-0.2, -0.15) is 5.10 Å². The number of anilines is 1. The van der Waals surface area contributed by atoms with Crippen LogP contribution in [0.3, 0.4) is 0 Å². The van der Waals surface area contributed by atoms with Crippen molar-refractivity contribution >= 4 is 21.6 Å². The number of amides is 1. The lowest BCUT2D eigenvalue weighted by Crippen LogP contribution is -2.22. The van der Waals surface area contributed by atoms with Gasteiger partial charge in [0, 0.05) is 32.2 Å². The Labute approximate surface area is 184 Å². The van der Waals surface area contributed by atoms with Crippen molar-refractivity contribution in [2.45, 2.75) is 4.90 Å². The number of hydrogen-bond acceptors (Lipinski definition) is 4. The molecular weight excluding hydrogens is 433 g/mol. The molecule has 4 aromatic rings. The zero-order valence-electron chi connectivity index (χ0n) is 17.3. The molecule has 0 saturated carbocycles. The van der Waals surface area contributed by atoms with Gasteiger partial charge in [-0.3, -0.25) is 4.79 Å². The van der Waals surface area contributed by atoms with Crippen molar-refractivity contribution in [1.82, 2.24) is 18.7 Å². The molecule has 164 valence electrons. The molecule has 0 radical (unpaired) electrons. The molecule has 2 heterocycles. The Hall–Kier alpha value is -3.76. The van der Waals surface area contributed by atoms with Crippen molar-refractivity contribution < 1.29 is 17.6 Å². The number of nitrogens with one attached hydrogen (secondary N) is 1. The van der Waals surface area contributed by atoms with Crippen LogP contribution in [0.1, 0.15) is 10.4 Å². The molecule has 0 aliphatic carbocycles. The molecule has 2 aromatic heterocycles. The summed E-state index contributed by atoms with van der Waals surface area (Å²) in [5, 5.41) is 6.98. The quantitative estimate of drug-likeness (QED) is 0.485. The molecule has 0 spiro atoms. The SMILES string of the molecule is CN(C)S(=O)(=O)c1ccc(NC(=O)c2cnn(-c3ccccc3F)c2-n2cccc2)cc1. The lowest BCUT2D eigenvalue weighted by Gasteiger charge is -2.13. The molecule has 0 atom stereocenters. The van der Waals surface area contributed by atoms with Crippen LogP contribution in [-0.2, 0) is 10.0 Å². The van der Waals surface area contributed by atoms with Crippen LogP contribution in [0.15, 0.2) is 84.1 Å². The number of aromatic nitrogens is 3. The first kappa shape index (κ1) is 21.5. The molecule has 0 bridgehead atoms. The third-order valence-corrected chi connectivity index (χ3v) is 6.64. The predicted octanol–water partition coefficient (Wildman–Crippen LogP) is 3.30.